The predicted molar refractivity (Wildman–Crippen MR) is 94.9 cm³/mol. The highest BCUT2D eigenvalue weighted by atomic mass is 16.6. The van der Waals surface area contributed by atoms with Crippen LogP contribution in [-0.4, -0.2) is 54.7 Å². The van der Waals surface area contributed by atoms with Gasteiger partial charge in [-0.1, -0.05) is 18.2 Å². The fraction of sp³-hybridized carbons (Fsp3) is 0.278. The summed E-state index contributed by atoms with van der Waals surface area (Å²) in [5.41, 5.74) is 7.39. The van der Waals surface area contributed by atoms with Crippen LogP contribution in [0.4, 0.5) is 5.82 Å². The molecular weight excluding hydrogens is 350 g/mol. The number of aliphatic hydroxyl groups excluding tert-OH is 2. The summed E-state index contributed by atoms with van der Waals surface area (Å²) in [4.78, 5) is 12.1. The van der Waals surface area contributed by atoms with Gasteiger partial charge in [0.05, 0.1) is 6.33 Å². The molecule has 0 aliphatic carbocycles. The van der Waals surface area contributed by atoms with Crippen LogP contribution in [0.1, 0.15) is 11.8 Å². The minimum absolute atomic E-state index is 0.00167. The van der Waals surface area contributed by atoms with Crippen molar-refractivity contribution >= 4 is 17.0 Å². The molecule has 1 aliphatic rings. The minimum Gasteiger partial charge on any atom is -0.443 e. The molecule has 27 heavy (non-hydrogen) atoms. The first-order valence-electron chi connectivity index (χ1n) is 8.27. The van der Waals surface area contributed by atoms with Crippen LogP contribution >= 0.6 is 0 Å². The molecule has 0 saturated carbocycles. The number of benzene rings is 1. The van der Waals surface area contributed by atoms with Gasteiger partial charge in [-0.2, -0.15) is 0 Å². The number of hydrogen-bond acceptors (Lipinski definition) is 8. The summed E-state index contributed by atoms with van der Waals surface area (Å²) in [6.45, 7) is -0.00167. The van der Waals surface area contributed by atoms with E-state index in [4.69, 9.17) is 15.2 Å². The average Bonchev–Trinajstić information content (AvgIpc) is 3.23. The number of ether oxygens (including phenoxy) is 2. The highest BCUT2D eigenvalue weighted by Gasteiger charge is 2.44. The molecule has 0 bridgehead atoms. The molecule has 9 nitrogen and oxygen atoms in total. The van der Waals surface area contributed by atoms with Crippen molar-refractivity contribution in [2.24, 2.45) is 0 Å². The Labute approximate surface area is 154 Å². The van der Waals surface area contributed by atoms with Crippen LogP contribution in [0.3, 0.4) is 0 Å². The Bertz CT molecular complexity index is 997. The van der Waals surface area contributed by atoms with E-state index >= 15 is 0 Å². The molecule has 0 radical (unpaired) electrons. The quantitative estimate of drug-likeness (QED) is 0.554. The summed E-state index contributed by atoms with van der Waals surface area (Å²) in [6, 6.07) is 9.36. The highest BCUT2D eigenvalue weighted by molar-refractivity contribution is 5.81. The zero-order valence-electron chi connectivity index (χ0n) is 14.1. The second-order valence-corrected chi connectivity index (χ2v) is 6.03. The van der Waals surface area contributed by atoms with E-state index in [1.807, 2.05) is 30.3 Å². The van der Waals surface area contributed by atoms with Crippen molar-refractivity contribution in [2.45, 2.75) is 24.5 Å². The van der Waals surface area contributed by atoms with Gasteiger partial charge in [0, 0.05) is 5.56 Å². The van der Waals surface area contributed by atoms with Crippen molar-refractivity contribution in [3.63, 3.8) is 0 Å². The fourth-order valence-corrected chi connectivity index (χ4v) is 2.89. The SMILES string of the molecule is Nc1ncnc2c1ncn2[C@@H]1O[C@H](COC#Cc2ccccc2)[C@@H](O)[C@H]1O. The zero-order valence-corrected chi connectivity index (χ0v) is 14.1. The molecule has 3 heterocycles. The number of anilines is 1. The molecule has 4 atom stereocenters. The number of aliphatic hydroxyl groups is 2. The first-order valence-corrected chi connectivity index (χ1v) is 8.27. The number of rotatable bonds is 3. The van der Waals surface area contributed by atoms with Crippen LogP contribution in [0.25, 0.3) is 11.2 Å². The van der Waals surface area contributed by atoms with Crippen molar-refractivity contribution in [3.05, 3.63) is 48.5 Å². The molecule has 0 unspecified atom stereocenters. The van der Waals surface area contributed by atoms with E-state index < -0.39 is 24.5 Å². The predicted octanol–water partition coefficient (Wildman–Crippen LogP) is 0.0535. The Morgan fingerprint density at radius 2 is 1.96 bits per heavy atom. The van der Waals surface area contributed by atoms with E-state index in [1.165, 1.54) is 17.2 Å². The molecule has 2 aromatic heterocycles. The molecule has 1 aromatic carbocycles. The van der Waals surface area contributed by atoms with Gasteiger partial charge in [0.1, 0.15) is 42.9 Å². The molecule has 1 fully saturated rings. The van der Waals surface area contributed by atoms with Gasteiger partial charge in [-0.05, 0) is 18.1 Å². The van der Waals surface area contributed by atoms with Crippen LogP contribution in [-0.2, 0) is 9.47 Å². The first kappa shape index (κ1) is 17.2. The molecule has 4 rings (SSSR count). The summed E-state index contributed by atoms with van der Waals surface area (Å²) < 4.78 is 12.6. The second kappa shape index (κ2) is 7.20. The Morgan fingerprint density at radius 1 is 1.15 bits per heavy atom. The Balaban J connectivity index is 1.46. The van der Waals surface area contributed by atoms with Gasteiger partial charge in [-0.15, -0.1) is 0 Å². The van der Waals surface area contributed by atoms with Crippen molar-refractivity contribution in [3.8, 4) is 12.0 Å². The molecule has 1 aliphatic heterocycles. The Morgan fingerprint density at radius 3 is 2.78 bits per heavy atom. The Kier molecular flexibility index (Phi) is 4.60. The Hall–Kier alpha value is -3.19. The lowest BCUT2D eigenvalue weighted by molar-refractivity contribution is -0.0510. The molecule has 4 N–H and O–H groups in total. The monoisotopic (exact) mass is 367 g/mol. The van der Waals surface area contributed by atoms with E-state index in [1.54, 1.807) is 0 Å². The van der Waals surface area contributed by atoms with Crippen LogP contribution in [0.2, 0.25) is 0 Å². The van der Waals surface area contributed by atoms with Crippen molar-refractivity contribution in [1.82, 2.24) is 19.5 Å². The number of aromatic nitrogens is 4. The van der Waals surface area contributed by atoms with E-state index in [2.05, 4.69) is 27.0 Å². The number of imidazole rings is 1. The number of nitrogen functional groups attached to an aromatic ring is 1. The molecule has 0 amide bonds. The van der Waals surface area contributed by atoms with Gasteiger partial charge in [-0.25, -0.2) is 15.0 Å². The summed E-state index contributed by atoms with van der Waals surface area (Å²) in [6.07, 6.45) is 1.34. The lowest BCUT2D eigenvalue weighted by Crippen LogP contribution is -2.33. The van der Waals surface area contributed by atoms with E-state index in [0.717, 1.165) is 5.56 Å². The molecule has 3 aromatic rings. The minimum atomic E-state index is -1.19. The van der Waals surface area contributed by atoms with Gasteiger partial charge in [0.2, 0.25) is 0 Å². The molecule has 0 spiro atoms. The van der Waals surface area contributed by atoms with Gasteiger partial charge in [-0.3, -0.25) is 4.57 Å². The average molecular weight is 367 g/mol. The largest absolute Gasteiger partial charge is 0.443 e. The molecule has 9 heteroatoms. The third-order valence-electron chi connectivity index (χ3n) is 4.29. The third-order valence-corrected chi connectivity index (χ3v) is 4.29. The van der Waals surface area contributed by atoms with E-state index in [9.17, 15) is 10.2 Å². The van der Waals surface area contributed by atoms with Crippen molar-refractivity contribution < 1.29 is 19.7 Å². The highest BCUT2D eigenvalue weighted by Crippen LogP contribution is 2.31. The van der Waals surface area contributed by atoms with Gasteiger partial charge in [0.25, 0.3) is 0 Å². The normalized spacial score (nSPS) is 24.5. The summed E-state index contributed by atoms with van der Waals surface area (Å²) in [5.74, 6) is 3.07. The zero-order chi connectivity index (χ0) is 18.8. The molecule has 138 valence electrons. The molecule has 1 saturated heterocycles. The van der Waals surface area contributed by atoms with Crippen LogP contribution in [0.5, 0.6) is 0 Å². The van der Waals surface area contributed by atoms with Crippen LogP contribution in [0.15, 0.2) is 43.0 Å². The van der Waals surface area contributed by atoms with Crippen LogP contribution < -0.4 is 5.73 Å². The topological polar surface area (TPSA) is 129 Å². The maximum Gasteiger partial charge on any atom is 0.167 e. The number of fused-ring (bicyclic) bond motifs is 1. The summed E-state index contributed by atoms with van der Waals surface area (Å²) in [7, 11) is 0. The van der Waals surface area contributed by atoms with E-state index in [-0.39, 0.29) is 12.4 Å². The van der Waals surface area contributed by atoms with E-state index in [0.29, 0.717) is 11.2 Å². The van der Waals surface area contributed by atoms with Gasteiger partial charge < -0.3 is 25.4 Å². The van der Waals surface area contributed by atoms with Gasteiger partial charge in [0.15, 0.2) is 17.7 Å². The summed E-state index contributed by atoms with van der Waals surface area (Å²) in [5, 5.41) is 20.6. The third kappa shape index (κ3) is 3.29. The summed E-state index contributed by atoms with van der Waals surface area (Å²) >= 11 is 0. The molecular formula is C18H17N5O4. The fourth-order valence-electron chi connectivity index (χ4n) is 2.89. The maximum absolute atomic E-state index is 10.4. The lowest BCUT2D eigenvalue weighted by Gasteiger charge is -2.16. The standard InChI is InChI=1S/C18H17N5O4/c19-16-13-17(21-9-20-16)23(10-22-13)18-15(25)14(24)12(27-18)8-26-7-6-11-4-2-1-3-5-11/h1-5,9-10,12,14-15,18,24-25H,8H2,(H2,19,20,21)/t12-,14-,15-,18-/m1/s1. The maximum atomic E-state index is 10.4. The lowest BCUT2D eigenvalue weighted by atomic mass is 10.1. The van der Waals surface area contributed by atoms with Crippen LogP contribution in [0, 0.1) is 12.0 Å². The smallest absolute Gasteiger partial charge is 0.167 e. The first-order chi connectivity index (χ1) is 13.1. The number of nitrogens with two attached hydrogens (primary N) is 1. The van der Waals surface area contributed by atoms with Crippen molar-refractivity contribution in [2.75, 3.05) is 12.3 Å². The second-order valence-electron chi connectivity index (χ2n) is 6.03. The van der Waals surface area contributed by atoms with Gasteiger partial charge >= 0.3 is 0 Å². The number of nitrogens with zero attached hydrogens (tertiary/aromatic N) is 4. The van der Waals surface area contributed by atoms with Crippen molar-refractivity contribution in [1.29, 1.82) is 0 Å². The number of hydrogen-bond donors (Lipinski definition) is 3.